The summed E-state index contributed by atoms with van der Waals surface area (Å²) in [5.74, 6) is -1.62. The molecule has 1 amide bonds. The van der Waals surface area contributed by atoms with E-state index in [1.54, 1.807) is 15.5 Å². The van der Waals surface area contributed by atoms with E-state index in [9.17, 15) is 18.7 Å². The predicted octanol–water partition coefficient (Wildman–Crippen LogP) is 3.47. The van der Waals surface area contributed by atoms with E-state index in [0.29, 0.717) is 30.6 Å². The number of likely N-dealkylation sites (tertiary alicyclic amines) is 1. The summed E-state index contributed by atoms with van der Waals surface area (Å²) in [5, 5.41) is 13.5. The minimum absolute atomic E-state index is 0.0792. The topological polar surface area (TPSA) is 106 Å². The van der Waals surface area contributed by atoms with Gasteiger partial charge in [-0.3, -0.25) is 0 Å². The molecular formula is C22H25F2N5O3. The summed E-state index contributed by atoms with van der Waals surface area (Å²) in [6, 6.07) is 4.08. The van der Waals surface area contributed by atoms with Gasteiger partial charge >= 0.3 is 6.09 Å². The highest BCUT2D eigenvalue weighted by atomic mass is 19.1. The summed E-state index contributed by atoms with van der Waals surface area (Å²) in [4.78, 5) is 18.1. The van der Waals surface area contributed by atoms with Gasteiger partial charge in [0, 0.05) is 35.8 Å². The van der Waals surface area contributed by atoms with Crippen LogP contribution in [-0.2, 0) is 11.3 Å². The second-order valence-electron chi connectivity index (χ2n) is 8.88. The van der Waals surface area contributed by atoms with E-state index in [4.69, 9.17) is 10.5 Å². The molecule has 8 nitrogen and oxygen atoms in total. The van der Waals surface area contributed by atoms with Gasteiger partial charge < -0.3 is 20.5 Å². The van der Waals surface area contributed by atoms with Crippen LogP contribution in [0.25, 0.3) is 16.6 Å². The highest BCUT2D eigenvalue weighted by molar-refractivity contribution is 5.88. The monoisotopic (exact) mass is 445 g/mol. The molecule has 0 spiro atoms. The van der Waals surface area contributed by atoms with Gasteiger partial charge in [-0.15, -0.1) is 0 Å². The fourth-order valence-electron chi connectivity index (χ4n) is 4.01. The van der Waals surface area contributed by atoms with Crippen molar-refractivity contribution in [3.05, 3.63) is 47.4 Å². The Balaban J connectivity index is 1.74. The first-order valence-electron chi connectivity index (χ1n) is 10.3. The van der Waals surface area contributed by atoms with E-state index >= 15 is 0 Å². The number of hydrogen-bond acceptors (Lipinski definition) is 6. The summed E-state index contributed by atoms with van der Waals surface area (Å²) in [6.45, 7) is 5.61. The van der Waals surface area contributed by atoms with Gasteiger partial charge in [-0.1, -0.05) is 0 Å². The summed E-state index contributed by atoms with van der Waals surface area (Å²) < 4.78 is 35.8. The minimum Gasteiger partial charge on any atom is -0.444 e. The van der Waals surface area contributed by atoms with Crippen molar-refractivity contribution in [3.63, 3.8) is 0 Å². The lowest BCUT2D eigenvalue weighted by atomic mass is 10.0. The molecule has 3 aromatic rings. The molecule has 1 fully saturated rings. The number of rotatable bonds is 3. The normalized spacial score (nSPS) is 16.7. The Labute approximate surface area is 183 Å². The number of ether oxygens (including phenoxy) is 1. The number of aromatic nitrogens is 3. The number of carbonyl (C=O) groups is 1. The van der Waals surface area contributed by atoms with Crippen LogP contribution in [-0.4, -0.2) is 49.4 Å². The van der Waals surface area contributed by atoms with E-state index in [0.717, 1.165) is 17.8 Å². The third-order valence-electron chi connectivity index (χ3n) is 5.48. The number of aliphatic hydroxyl groups is 1. The standard InChI is InChI=1S/C22H25F2N5O3/c1-22(2,3)32-21(31)28-5-4-12(9-28)18-8-14(19-20(25)26-11-27-29(18)19)13-6-16(23)15(10-30)17(24)7-13/h6-8,11-12,30H,4-5,9-10H2,1-3H3,(H2,25,26,27). The maximum Gasteiger partial charge on any atom is 0.410 e. The van der Waals surface area contributed by atoms with Gasteiger partial charge in [0.25, 0.3) is 0 Å². The van der Waals surface area contributed by atoms with Gasteiger partial charge in [-0.2, -0.15) is 5.10 Å². The van der Waals surface area contributed by atoms with Crippen LogP contribution in [0.15, 0.2) is 24.5 Å². The molecule has 0 bridgehead atoms. The smallest absolute Gasteiger partial charge is 0.410 e. The van der Waals surface area contributed by atoms with Crippen LogP contribution in [0.5, 0.6) is 0 Å². The highest BCUT2D eigenvalue weighted by Gasteiger charge is 2.33. The van der Waals surface area contributed by atoms with Crippen LogP contribution in [0.3, 0.4) is 0 Å². The predicted molar refractivity (Wildman–Crippen MR) is 114 cm³/mol. The molecule has 1 saturated heterocycles. The van der Waals surface area contributed by atoms with Crippen LogP contribution in [0, 0.1) is 11.6 Å². The van der Waals surface area contributed by atoms with Gasteiger partial charge in [-0.25, -0.2) is 23.1 Å². The minimum atomic E-state index is -0.851. The van der Waals surface area contributed by atoms with Crippen molar-refractivity contribution in [2.24, 2.45) is 0 Å². The van der Waals surface area contributed by atoms with E-state index in [2.05, 4.69) is 10.1 Å². The maximum absolute atomic E-state index is 14.4. The van der Waals surface area contributed by atoms with E-state index < -0.39 is 29.4 Å². The number of nitrogen functional groups attached to an aromatic ring is 1. The molecular weight excluding hydrogens is 420 g/mol. The van der Waals surface area contributed by atoms with Gasteiger partial charge in [0.05, 0.1) is 6.61 Å². The number of fused-ring (bicyclic) bond motifs is 1. The van der Waals surface area contributed by atoms with Crippen molar-refractivity contribution >= 4 is 17.4 Å². The zero-order valence-electron chi connectivity index (χ0n) is 18.1. The lowest BCUT2D eigenvalue weighted by molar-refractivity contribution is 0.0292. The molecule has 170 valence electrons. The average molecular weight is 445 g/mol. The van der Waals surface area contributed by atoms with E-state index in [-0.39, 0.29) is 23.4 Å². The molecule has 1 aromatic carbocycles. The van der Waals surface area contributed by atoms with Crippen molar-refractivity contribution in [2.45, 2.75) is 45.3 Å². The molecule has 0 aliphatic carbocycles. The Hall–Kier alpha value is -3.27. The molecule has 0 saturated carbocycles. The second-order valence-corrected chi connectivity index (χ2v) is 8.88. The Kier molecular flexibility index (Phi) is 5.49. The van der Waals surface area contributed by atoms with Crippen molar-refractivity contribution in [2.75, 3.05) is 18.8 Å². The van der Waals surface area contributed by atoms with Crippen LogP contribution < -0.4 is 5.73 Å². The third-order valence-corrected chi connectivity index (χ3v) is 5.48. The highest BCUT2D eigenvalue weighted by Crippen LogP contribution is 2.37. The molecule has 3 heterocycles. The molecule has 4 rings (SSSR count). The molecule has 1 unspecified atom stereocenters. The summed E-state index contributed by atoms with van der Waals surface area (Å²) in [6.07, 6.45) is 1.59. The second kappa shape index (κ2) is 8.01. The first-order chi connectivity index (χ1) is 15.1. The Bertz CT molecular complexity index is 1170. The Morgan fingerprint density at radius 2 is 1.97 bits per heavy atom. The zero-order valence-corrected chi connectivity index (χ0v) is 18.1. The number of nitrogens with two attached hydrogens (primary N) is 1. The van der Waals surface area contributed by atoms with Gasteiger partial charge in [0.2, 0.25) is 0 Å². The maximum atomic E-state index is 14.4. The van der Waals surface area contributed by atoms with Crippen LogP contribution in [0.2, 0.25) is 0 Å². The fourth-order valence-corrected chi connectivity index (χ4v) is 4.01. The molecule has 2 aromatic heterocycles. The first kappa shape index (κ1) is 21.9. The third kappa shape index (κ3) is 3.97. The van der Waals surface area contributed by atoms with Gasteiger partial charge in [0.15, 0.2) is 5.82 Å². The van der Waals surface area contributed by atoms with Gasteiger partial charge in [0.1, 0.15) is 29.1 Å². The number of benzene rings is 1. The van der Waals surface area contributed by atoms with Crippen LogP contribution in [0.1, 0.15) is 44.4 Å². The van der Waals surface area contributed by atoms with Crippen LogP contribution >= 0.6 is 0 Å². The molecule has 3 N–H and O–H groups in total. The number of carbonyl (C=O) groups excluding carboxylic acids is 1. The lowest BCUT2D eigenvalue weighted by Crippen LogP contribution is -2.35. The SMILES string of the molecule is CC(C)(C)OC(=O)N1CCC(c2cc(-c3cc(F)c(CO)c(F)c3)c3c(N)ncnn23)C1. The van der Waals surface area contributed by atoms with E-state index in [1.807, 2.05) is 20.8 Å². The quantitative estimate of drug-likeness (QED) is 0.640. The average Bonchev–Trinajstić information content (AvgIpc) is 3.32. The van der Waals surface area contributed by atoms with Crippen molar-refractivity contribution < 1.29 is 23.4 Å². The van der Waals surface area contributed by atoms with Crippen molar-refractivity contribution in [1.82, 2.24) is 19.5 Å². The van der Waals surface area contributed by atoms with Gasteiger partial charge in [-0.05, 0) is 51.0 Å². The van der Waals surface area contributed by atoms with Crippen molar-refractivity contribution in [3.8, 4) is 11.1 Å². The number of anilines is 1. The van der Waals surface area contributed by atoms with Crippen molar-refractivity contribution in [1.29, 1.82) is 0 Å². The number of amides is 1. The van der Waals surface area contributed by atoms with Crippen LogP contribution in [0.4, 0.5) is 19.4 Å². The molecule has 1 atom stereocenters. The fraction of sp³-hybridized carbons (Fsp3) is 0.409. The zero-order chi connectivity index (χ0) is 23.2. The Morgan fingerprint density at radius 1 is 1.28 bits per heavy atom. The number of halogens is 2. The number of nitrogens with zero attached hydrogens (tertiary/aromatic N) is 4. The number of aliphatic hydroxyl groups excluding tert-OH is 1. The number of hydrogen-bond donors (Lipinski definition) is 2. The molecule has 1 aliphatic rings. The molecule has 10 heteroatoms. The molecule has 1 aliphatic heterocycles. The largest absolute Gasteiger partial charge is 0.444 e. The summed E-state index contributed by atoms with van der Waals surface area (Å²) in [5.41, 5.74) is 7.00. The summed E-state index contributed by atoms with van der Waals surface area (Å²) in [7, 11) is 0. The lowest BCUT2D eigenvalue weighted by Gasteiger charge is -2.24. The summed E-state index contributed by atoms with van der Waals surface area (Å²) >= 11 is 0. The molecule has 32 heavy (non-hydrogen) atoms. The Morgan fingerprint density at radius 3 is 2.59 bits per heavy atom. The molecule has 0 radical (unpaired) electrons. The first-order valence-corrected chi connectivity index (χ1v) is 10.3. The van der Waals surface area contributed by atoms with E-state index in [1.165, 1.54) is 6.33 Å².